The van der Waals surface area contributed by atoms with Crippen LogP contribution in [-0.2, 0) is 41.2 Å². The standard InChI is InChI=1S/C23H21N3O5.ClH/c1-2-23(29)15-7-17-19-13(9-26(17)21(27)14(15)10-31-22(23)28)12-5-6-30-20-11(8-24)3-4-16(25-19)18(12)20;/h3-4,7,29H,2,5-6,8-10,24H2,1H3;1H/t23-;/m0./s1. The minimum atomic E-state index is -1.83. The summed E-state index contributed by atoms with van der Waals surface area (Å²) in [4.78, 5) is 30.6. The van der Waals surface area contributed by atoms with Crippen molar-refractivity contribution in [2.75, 3.05) is 6.61 Å². The smallest absolute Gasteiger partial charge is 0.343 e. The number of aliphatic hydroxyl groups is 1. The molecule has 1 aromatic carbocycles. The number of carbonyl (C=O) groups excluding carboxylic acids is 1. The summed E-state index contributed by atoms with van der Waals surface area (Å²) in [5.74, 6) is 0.0567. The van der Waals surface area contributed by atoms with E-state index in [9.17, 15) is 14.7 Å². The maximum absolute atomic E-state index is 13.4. The first kappa shape index (κ1) is 20.9. The number of esters is 1. The van der Waals surface area contributed by atoms with Crippen molar-refractivity contribution < 1.29 is 19.4 Å². The predicted octanol–water partition coefficient (Wildman–Crippen LogP) is 1.90. The van der Waals surface area contributed by atoms with Gasteiger partial charge < -0.3 is 24.9 Å². The van der Waals surface area contributed by atoms with E-state index in [1.54, 1.807) is 17.6 Å². The van der Waals surface area contributed by atoms with Crippen molar-refractivity contribution in [2.45, 2.75) is 45.1 Å². The molecular formula is C23H22ClN3O5. The fraction of sp³-hybridized carbons (Fsp3) is 0.348. The van der Waals surface area contributed by atoms with Gasteiger partial charge in [0.1, 0.15) is 12.4 Å². The number of pyridine rings is 2. The minimum absolute atomic E-state index is 0. The molecule has 1 atom stereocenters. The Kier molecular flexibility index (Phi) is 4.60. The molecule has 5 heterocycles. The molecule has 166 valence electrons. The van der Waals surface area contributed by atoms with E-state index < -0.39 is 11.6 Å². The minimum Gasteiger partial charge on any atom is -0.492 e. The number of rotatable bonds is 2. The van der Waals surface area contributed by atoms with Crippen LogP contribution < -0.4 is 16.0 Å². The average Bonchev–Trinajstić information content (AvgIpc) is 3.16. The van der Waals surface area contributed by atoms with E-state index in [-0.39, 0.29) is 31.0 Å². The number of halogens is 1. The number of cyclic esters (lactones) is 1. The molecule has 0 aliphatic carbocycles. The van der Waals surface area contributed by atoms with Gasteiger partial charge in [0, 0.05) is 35.0 Å². The van der Waals surface area contributed by atoms with Crippen LogP contribution in [-0.4, -0.2) is 27.2 Å². The van der Waals surface area contributed by atoms with Crippen LogP contribution in [0, 0.1) is 0 Å². The molecule has 32 heavy (non-hydrogen) atoms. The van der Waals surface area contributed by atoms with Crippen molar-refractivity contribution in [3.05, 3.63) is 56.4 Å². The van der Waals surface area contributed by atoms with Gasteiger partial charge in [0.15, 0.2) is 5.60 Å². The van der Waals surface area contributed by atoms with Crippen molar-refractivity contribution in [3.8, 4) is 17.1 Å². The lowest BCUT2D eigenvalue weighted by atomic mass is 9.86. The van der Waals surface area contributed by atoms with Crippen molar-refractivity contribution in [2.24, 2.45) is 5.73 Å². The molecule has 0 bridgehead atoms. The molecule has 6 rings (SSSR count). The maximum atomic E-state index is 13.4. The zero-order chi connectivity index (χ0) is 21.5. The Balaban J connectivity index is 0.00000216. The van der Waals surface area contributed by atoms with Gasteiger partial charge in [-0.2, -0.15) is 0 Å². The Bertz CT molecular complexity index is 1380. The molecule has 0 amide bonds. The van der Waals surface area contributed by atoms with E-state index in [4.69, 9.17) is 20.2 Å². The van der Waals surface area contributed by atoms with Crippen LogP contribution in [0.3, 0.4) is 0 Å². The molecule has 3 N–H and O–H groups in total. The average molecular weight is 456 g/mol. The van der Waals surface area contributed by atoms with Crippen LogP contribution in [0.5, 0.6) is 5.75 Å². The lowest BCUT2D eigenvalue weighted by Gasteiger charge is -2.31. The second-order valence-corrected chi connectivity index (χ2v) is 8.27. The second-order valence-electron chi connectivity index (χ2n) is 8.27. The van der Waals surface area contributed by atoms with Crippen molar-refractivity contribution in [1.29, 1.82) is 0 Å². The number of carbonyl (C=O) groups is 1. The molecule has 8 nitrogen and oxygen atoms in total. The first-order valence-electron chi connectivity index (χ1n) is 10.4. The van der Waals surface area contributed by atoms with E-state index in [1.807, 2.05) is 12.1 Å². The summed E-state index contributed by atoms with van der Waals surface area (Å²) in [7, 11) is 0. The number of hydrogen-bond acceptors (Lipinski definition) is 7. The number of ether oxygens (including phenoxy) is 2. The second kappa shape index (κ2) is 7.03. The summed E-state index contributed by atoms with van der Waals surface area (Å²) in [5, 5.41) is 12.0. The Morgan fingerprint density at radius 3 is 2.78 bits per heavy atom. The van der Waals surface area contributed by atoms with Crippen LogP contribution in [0.4, 0.5) is 0 Å². The number of aromatic nitrogens is 2. The van der Waals surface area contributed by atoms with Gasteiger partial charge in [-0.1, -0.05) is 13.0 Å². The first-order valence-corrected chi connectivity index (χ1v) is 10.4. The predicted molar refractivity (Wildman–Crippen MR) is 119 cm³/mol. The van der Waals surface area contributed by atoms with E-state index >= 15 is 0 Å². The third-order valence-electron chi connectivity index (χ3n) is 6.82. The van der Waals surface area contributed by atoms with Crippen molar-refractivity contribution in [3.63, 3.8) is 0 Å². The van der Waals surface area contributed by atoms with Crippen molar-refractivity contribution in [1.82, 2.24) is 9.55 Å². The van der Waals surface area contributed by atoms with Gasteiger partial charge in [-0.15, -0.1) is 12.4 Å². The molecule has 0 unspecified atom stereocenters. The van der Waals surface area contributed by atoms with E-state index in [2.05, 4.69) is 0 Å². The fourth-order valence-electron chi connectivity index (χ4n) is 5.13. The Labute approximate surface area is 189 Å². The van der Waals surface area contributed by atoms with E-state index in [0.717, 1.165) is 33.3 Å². The van der Waals surface area contributed by atoms with Gasteiger partial charge in [-0.3, -0.25) is 4.79 Å². The molecular weight excluding hydrogens is 434 g/mol. The normalized spacial score (nSPS) is 20.0. The van der Waals surface area contributed by atoms with Crippen LogP contribution >= 0.6 is 12.4 Å². The molecule has 3 aromatic rings. The van der Waals surface area contributed by atoms with Gasteiger partial charge in [0.05, 0.1) is 35.6 Å². The van der Waals surface area contributed by atoms with E-state index in [0.29, 0.717) is 48.6 Å². The van der Waals surface area contributed by atoms with Gasteiger partial charge in [-0.05, 0) is 24.1 Å². The molecule has 0 saturated carbocycles. The highest BCUT2D eigenvalue weighted by molar-refractivity contribution is 5.94. The van der Waals surface area contributed by atoms with Crippen LogP contribution in [0.25, 0.3) is 22.3 Å². The summed E-state index contributed by atoms with van der Waals surface area (Å²) in [6, 6.07) is 5.60. The molecule has 3 aliphatic rings. The maximum Gasteiger partial charge on any atom is 0.343 e. The number of hydrogen-bond donors (Lipinski definition) is 2. The zero-order valence-electron chi connectivity index (χ0n) is 17.4. The highest BCUT2D eigenvalue weighted by Crippen LogP contribution is 2.43. The van der Waals surface area contributed by atoms with Crippen LogP contribution in [0.2, 0.25) is 0 Å². The van der Waals surface area contributed by atoms with Crippen molar-refractivity contribution >= 4 is 29.3 Å². The number of fused-ring (bicyclic) bond motifs is 5. The third-order valence-corrected chi connectivity index (χ3v) is 6.82. The first-order chi connectivity index (χ1) is 15.0. The van der Waals surface area contributed by atoms with Gasteiger partial charge in [-0.25, -0.2) is 9.78 Å². The summed E-state index contributed by atoms with van der Waals surface area (Å²) in [6.45, 7) is 2.86. The summed E-state index contributed by atoms with van der Waals surface area (Å²) < 4.78 is 12.7. The molecule has 2 aromatic heterocycles. The summed E-state index contributed by atoms with van der Waals surface area (Å²) in [6.07, 6.45) is 0.832. The zero-order valence-corrected chi connectivity index (χ0v) is 18.3. The Hall–Kier alpha value is -2.94. The highest BCUT2D eigenvalue weighted by atomic mass is 35.5. The molecule has 0 radical (unpaired) electrons. The monoisotopic (exact) mass is 455 g/mol. The Morgan fingerprint density at radius 1 is 1.22 bits per heavy atom. The molecule has 0 fully saturated rings. The van der Waals surface area contributed by atoms with Gasteiger partial charge >= 0.3 is 5.97 Å². The lowest BCUT2D eigenvalue weighted by molar-refractivity contribution is -0.172. The molecule has 0 saturated heterocycles. The van der Waals surface area contributed by atoms with Gasteiger partial charge in [0.2, 0.25) is 0 Å². The number of benzene rings is 1. The summed E-state index contributed by atoms with van der Waals surface area (Å²) >= 11 is 0. The fourth-order valence-corrected chi connectivity index (χ4v) is 5.13. The Morgan fingerprint density at radius 2 is 2.03 bits per heavy atom. The van der Waals surface area contributed by atoms with Gasteiger partial charge in [0.25, 0.3) is 5.56 Å². The third kappa shape index (κ3) is 2.48. The SMILES string of the molecule is CC[C@@]1(O)C(=O)OCc2c1cc1n(c2=O)Cc2c-1nc1ccc(CN)c3c1c2CCO3.Cl. The van der Waals surface area contributed by atoms with Crippen LogP contribution in [0.1, 0.15) is 41.2 Å². The molecule has 9 heteroatoms. The van der Waals surface area contributed by atoms with E-state index in [1.165, 1.54) is 0 Å². The largest absolute Gasteiger partial charge is 0.492 e. The quantitative estimate of drug-likeness (QED) is 0.443. The topological polar surface area (TPSA) is 117 Å². The van der Waals surface area contributed by atoms with Crippen LogP contribution in [0.15, 0.2) is 23.0 Å². The number of nitrogens with zero attached hydrogens (tertiary/aromatic N) is 2. The molecule has 0 spiro atoms. The molecule has 3 aliphatic heterocycles. The highest BCUT2D eigenvalue weighted by Gasteiger charge is 2.45. The lowest BCUT2D eigenvalue weighted by Crippen LogP contribution is -2.44. The summed E-state index contributed by atoms with van der Waals surface area (Å²) in [5.41, 5.74) is 9.63. The number of nitrogens with two attached hydrogens (primary N) is 1.